The number of benzene rings is 16. The van der Waals surface area contributed by atoms with Gasteiger partial charge in [-0.15, -0.1) is 0 Å². The Labute approximate surface area is 748 Å². The van der Waals surface area contributed by atoms with Crippen molar-refractivity contribution < 1.29 is 8.83 Å². The van der Waals surface area contributed by atoms with E-state index in [1.165, 1.54) is 96.2 Å². The smallest absolute Gasteiger partial charge is 0.375 e. The molecule has 4 aliphatic rings. The van der Waals surface area contributed by atoms with Crippen molar-refractivity contribution in [2.24, 2.45) is 0 Å². The van der Waals surface area contributed by atoms with E-state index in [4.69, 9.17) is 8.83 Å². The molecule has 4 aromatic heterocycles. The molecule has 0 bridgehead atoms. The van der Waals surface area contributed by atoms with Gasteiger partial charge in [0, 0.05) is 126 Å². The van der Waals surface area contributed by atoms with Crippen molar-refractivity contribution in [3.05, 3.63) is 368 Å². The first-order chi connectivity index (χ1) is 62.6. The van der Waals surface area contributed by atoms with Crippen LogP contribution in [0.3, 0.4) is 0 Å². The Kier molecular flexibility index (Phi) is 17.9. The Morgan fingerprint density at radius 1 is 0.406 bits per heavy atom. The number of hydrogen-bond donors (Lipinski definition) is 1. The van der Waals surface area contributed by atoms with Crippen LogP contribution in [-0.4, -0.2) is 37.4 Å². The average molecular weight is 1650 g/mol. The minimum absolute atomic E-state index is 0.00985. The molecule has 24 rings (SSSR count). The van der Waals surface area contributed by atoms with Crippen molar-refractivity contribution >= 4 is 164 Å². The van der Waals surface area contributed by atoms with Crippen molar-refractivity contribution in [3.63, 3.8) is 0 Å². The summed E-state index contributed by atoms with van der Waals surface area (Å²) >= 11 is 0. The van der Waals surface area contributed by atoms with E-state index in [1.54, 1.807) is 0 Å². The van der Waals surface area contributed by atoms with Crippen molar-refractivity contribution in [1.29, 1.82) is 0 Å². The Balaban J connectivity index is 0.668. The summed E-state index contributed by atoms with van der Waals surface area (Å²) in [5.41, 5.74) is 42.7. The van der Waals surface area contributed by atoms with E-state index in [2.05, 4.69) is 444 Å². The van der Waals surface area contributed by atoms with Gasteiger partial charge in [0.2, 0.25) is 7.28 Å². The molecule has 20 aromatic rings. The first-order valence-electron chi connectivity index (χ1n) is 45.5. The highest BCUT2D eigenvalue weighted by Crippen LogP contribution is 2.55. The summed E-state index contributed by atoms with van der Waals surface area (Å²) in [4.78, 5) is 9.55. The minimum atomic E-state index is -0.325. The van der Waals surface area contributed by atoms with Crippen molar-refractivity contribution in [2.45, 2.75) is 97.8 Å². The van der Waals surface area contributed by atoms with Crippen LogP contribution in [0.25, 0.3) is 133 Å². The van der Waals surface area contributed by atoms with Gasteiger partial charge < -0.3 is 42.8 Å². The molecule has 0 atom stereocenters. The Morgan fingerprint density at radius 2 is 0.914 bits per heavy atom. The van der Waals surface area contributed by atoms with Crippen LogP contribution in [0.4, 0.5) is 62.6 Å². The molecular formula is C117H96B2N7O2. The largest absolute Gasteiger partial charge is 0.469 e. The fourth-order valence-corrected chi connectivity index (χ4v) is 21.9. The Bertz CT molecular complexity index is 7780. The summed E-state index contributed by atoms with van der Waals surface area (Å²) in [5.74, 6) is 0. The van der Waals surface area contributed by atoms with Crippen LogP contribution in [0, 0.1) is 13.8 Å². The van der Waals surface area contributed by atoms with Crippen LogP contribution in [0.2, 0.25) is 0 Å². The molecule has 0 unspecified atom stereocenters. The van der Waals surface area contributed by atoms with E-state index in [9.17, 15) is 0 Å². The number of aromatic nitrogens is 2. The number of aryl methyl sites for hydroxylation is 3. The number of rotatable bonds is 18. The summed E-state index contributed by atoms with van der Waals surface area (Å²) in [6.45, 7) is 16.5. The molecule has 9 nitrogen and oxygen atoms in total. The zero-order valence-electron chi connectivity index (χ0n) is 73.7. The van der Waals surface area contributed by atoms with Crippen LogP contribution in [0.1, 0.15) is 94.5 Å². The Morgan fingerprint density at radius 3 is 1.52 bits per heavy atom. The van der Waals surface area contributed by atoms with Gasteiger partial charge in [0.05, 0.1) is 33.6 Å². The second-order valence-electron chi connectivity index (χ2n) is 37.4. The molecule has 0 fully saturated rings. The van der Waals surface area contributed by atoms with Crippen LogP contribution >= 0.6 is 0 Å². The molecule has 11 heteroatoms. The quantitative estimate of drug-likeness (QED) is 0.0678. The van der Waals surface area contributed by atoms with E-state index in [1.807, 2.05) is 0 Å². The zero-order chi connectivity index (χ0) is 86.1. The van der Waals surface area contributed by atoms with Gasteiger partial charge in [-0.05, 0) is 297 Å². The molecule has 617 valence electrons. The van der Waals surface area contributed by atoms with Gasteiger partial charge in [0.25, 0.3) is 0 Å². The predicted octanol–water partition coefficient (Wildman–Crippen LogP) is 28.7. The molecule has 7 heterocycles. The lowest BCUT2D eigenvalue weighted by Gasteiger charge is -2.42. The maximum atomic E-state index is 7.78. The van der Waals surface area contributed by atoms with Gasteiger partial charge in [-0.2, -0.15) is 0 Å². The fourth-order valence-electron chi connectivity index (χ4n) is 21.9. The van der Waals surface area contributed by atoms with Crippen LogP contribution in [0.5, 0.6) is 0 Å². The van der Waals surface area contributed by atoms with E-state index in [-0.39, 0.29) is 17.7 Å². The topological polar surface area (TPSA) is 61.1 Å². The summed E-state index contributed by atoms with van der Waals surface area (Å²) in [7, 11) is 6.51. The Hall–Kier alpha value is -14.7. The molecule has 0 spiro atoms. The molecule has 3 aliphatic heterocycles. The second kappa shape index (κ2) is 29.7. The molecule has 1 N–H and O–H groups in total. The SMILES string of the molecule is CCCCCc1ccc(N2B3c4oc5ccc(-c6ccc(-c7ccc(-c8cc(C)c9c%10cc(N(c%11ccccc%11)c%11ccccc%11)ccc%10n%10c9c8[B]c8oc9ccc(-c%11ccccc%11)cc9c8-%10)c(Nc8ccc(N(C)C)cc8)c7)cc6)cc5c4-n4c5cc6c(cc5c5c(C)cc(c3c54)-c3cc(N(c4ccccc4)c4ccccc4)ccc32)C(C)(C)CCC6(C)C)cc1. The van der Waals surface area contributed by atoms with Crippen molar-refractivity contribution in [3.8, 4) is 67.0 Å². The van der Waals surface area contributed by atoms with Gasteiger partial charge in [-0.25, -0.2) is 0 Å². The van der Waals surface area contributed by atoms with E-state index in [0.29, 0.717) is 0 Å². The lowest BCUT2D eigenvalue weighted by molar-refractivity contribution is 0.332. The molecular weight excluding hydrogens is 1560 g/mol. The third-order valence-electron chi connectivity index (χ3n) is 28.4. The summed E-state index contributed by atoms with van der Waals surface area (Å²) in [5, 5.41) is 11.2. The standard InChI is InChI=1S/C117H96B2N7O2/c1-10-11-17-28-74-39-50-87(51-40-74)126-102-58-55-88(122(83-31-20-13-21-32-83)84-33-22-14-23-34-84)68-91(102)93-64-73(3)107-95-70-98-99(117(6,7)62-61-116(98,4)5)71-103(95)125-111-97-66-79(47-60-105(97)128-115(111)119(126)109(93)113(107)125)76-41-43-77(44-42-76)80-45-56-90(100(67-80)120-81-48-52-82(53-49-81)121(8)9)92-63-72(2)106-94-69-89(123(85-35-24-15-25-36-85)86-37-26-16-27-38-86)54-57-101(94)124-110-96-65-78(75-29-18-12-19-30-75)46-59-104(96)127-114(110)118-108(92)112(106)124/h12-16,18-27,29-60,63-71,120H,10-11,17,28,61-62H2,1-9H3. The molecule has 0 saturated carbocycles. The predicted molar refractivity (Wildman–Crippen MR) is 542 cm³/mol. The maximum Gasteiger partial charge on any atom is 0.375 e. The summed E-state index contributed by atoms with van der Waals surface area (Å²) < 4.78 is 20.1. The molecule has 16 aromatic carbocycles. The first-order valence-corrected chi connectivity index (χ1v) is 45.5. The number of nitrogens with zero attached hydrogens (tertiary/aromatic N) is 6. The van der Waals surface area contributed by atoms with Crippen molar-refractivity contribution in [2.75, 3.05) is 38.9 Å². The number of hydrogen-bond acceptors (Lipinski definition) is 7. The zero-order valence-corrected chi connectivity index (χ0v) is 73.7. The van der Waals surface area contributed by atoms with Gasteiger partial charge in [-0.3, -0.25) is 0 Å². The number of unbranched alkanes of at least 4 members (excludes halogenated alkanes) is 2. The lowest BCUT2D eigenvalue weighted by atomic mass is 9.46. The molecule has 0 saturated heterocycles. The van der Waals surface area contributed by atoms with E-state index >= 15 is 0 Å². The highest BCUT2D eigenvalue weighted by atomic mass is 16.3. The minimum Gasteiger partial charge on any atom is -0.469 e. The van der Waals surface area contributed by atoms with Gasteiger partial charge in [-0.1, -0.05) is 223 Å². The average Bonchev–Trinajstić information content (AvgIpc) is 1.47. The summed E-state index contributed by atoms with van der Waals surface area (Å²) in [6, 6.07) is 126. The number of para-hydroxylation sites is 4. The number of nitrogens with one attached hydrogen (secondary N) is 1. The van der Waals surface area contributed by atoms with Crippen molar-refractivity contribution in [1.82, 2.24) is 9.13 Å². The first kappa shape index (κ1) is 76.9. The molecule has 128 heavy (non-hydrogen) atoms. The van der Waals surface area contributed by atoms with Crippen LogP contribution < -0.4 is 47.1 Å². The lowest BCUT2D eigenvalue weighted by Crippen LogP contribution is -2.60. The molecule has 1 radical (unpaired) electrons. The third kappa shape index (κ3) is 12.3. The number of anilines is 11. The number of furan rings is 2. The third-order valence-corrected chi connectivity index (χ3v) is 28.4. The molecule has 1 aliphatic carbocycles. The van der Waals surface area contributed by atoms with E-state index in [0.717, 1.165) is 187 Å². The second-order valence-corrected chi connectivity index (χ2v) is 37.4. The maximum absolute atomic E-state index is 7.78. The van der Waals surface area contributed by atoms with E-state index < -0.39 is 0 Å². The highest BCUT2D eigenvalue weighted by molar-refractivity contribution is 6.93. The normalized spacial score (nSPS) is 13.7. The van der Waals surface area contributed by atoms with Crippen LogP contribution in [-0.2, 0) is 17.3 Å². The highest BCUT2D eigenvalue weighted by Gasteiger charge is 2.49. The fraction of sp³-hybridized carbons (Fsp3) is 0.145. The van der Waals surface area contributed by atoms with Gasteiger partial charge in [0.1, 0.15) is 16.8 Å². The van der Waals surface area contributed by atoms with Gasteiger partial charge in [0.15, 0.2) is 0 Å². The van der Waals surface area contributed by atoms with Gasteiger partial charge >= 0.3 is 6.85 Å². The molecule has 0 amide bonds. The summed E-state index contributed by atoms with van der Waals surface area (Å²) in [6.07, 6.45) is 6.85. The monoisotopic (exact) mass is 1650 g/mol. The van der Waals surface area contributed by atoms with Crippen LogP contribution in [0.15, 0.2) is 349 Å². The number of fused-ring (bicyclic) bond motifs is 18.